The second-order valence-electron chi connectivity index (χ2n) is 5.56. The van der Waals surface area contributed by atoms with Gasteiger partial charge in [0.25, 0.3) is 0 Å². The fourth-order valence-electron chi connectivity index (χ4n) is 2.33. The molecule has 2 aromatic rings. The van der Waals surface area contributed by atoms with Gasteiger partial charge in [0, 0.05) is 32.9 Å². The third-order valence-electron chi connectivity index (χ3n) is 3.70. The number of furan rings is 1. The van der Waals surface area contributed by atoms with E-state index in [1.165, 1.54) is 11.0 Å². The van der Waals surface area contributed by atoms with E-state index in [4.69, 9.17) is 9.52 Å². The molecular formula is C18H20FNO4. The normalized spacial score (nSPS) is 10.6. The average molecular weight is 333 g/mol. The fourth-order valence-corrected chi connectivity index (χ4v) is 2.33. The molecule has 0 atom stereocenters. The van der Waals surface area contributed by atoms with Gasteiger partial charge in [-0.2, -0.15) is 0 Å². The van der Waals surface area contributed by atoms with E-state index in [-0.39, 0.29) is 24.6 Å². The predicted molar refractivity (Wildman–Crippen MR) is 86.9 cm³/mol. The van der Waals surface area contributed by atoms with Crippen molar-refractivity contribution in [3.8, 4) is 11.3 Å². The highest BCUT2D eigenvalue weighted by Crippen LogP contribution is 2.25. The molecule has 1 amide bonds. The second kappa shape index (κ2) is 8.29. The molecule has 1 aromatic carbocycles. The van der Waals surface area contributed by atoms with Gasteiger partial charge < -0.3 is 14.4 Å². The molecule has 0 spiro atoms. The molecule has 128 valence electrons. The molecule has 6 heteroatoms. The molecule has 0 bridgehead atoms. The Balaban J connectivity index is 1.85. The van der Waals surface area contributed by atoms with Crippen LogP contribution in [-0.2, 0) is 16.0 Å². The van der Waals surface area contributed by atoms with Crippen molar-refractivity contribution in [2.45, 2.75) is 25.7 Å². The highest BCUT2D eigenvalue weighted by Gasteiger charge is 2.13. The quantitative estimate of drug-likeness (QED) is 0.804. The summed E-state index contributed by atoms with van der Waals surface area (Å²) in [6.45, 7) is 0.407. The molecule has 2 rings (SSSR count). The lowest BCUT2D eigenvalue weighted by Crippen LogP contribution is -2.28. The van der Waals surface area contributed by atoms with Gasteiger partial charge in [0.15, 0.2) is 0 Å². The molecule has 0 radical (unpaired) electrons. The molecule has 0 aliphatic rings. The molecule has 1 aromatic heterocycles. The number of hydrogen-bond acceptors (Lipinski definition) is 3. The third-order valence-corrected chi connectivity index (χ3v) is 3.70. The SMILES string of the molecule is CN(CCCC(=O)O)C(=O)CCc1ccc(-c2ccccc2F)o1. The molecule has 0 saturated heterocycles. The van der Waals surface area contributed by atoms with Gasteiger partial charge in [-0.3, -0.25) is 9.59 Å². The van der Waals surface area contributed by atoms with Crippen LogP contribution in [0.4, 0.5) is 4.39 Å². The van der Waals surface area contributed by atoms with Crippen molar-refractivity contribution in [1.29, 1.82) is 0 Å². The van der Waals surface area contributed by atoms with Gasteiger partial charge in [-0.15, -0.1) is 0 Å². The Bertz CT molecular complexity index is 711. The summed E-state index contributed by atoms with van der Waals surface area (Å²) < 4.78 is 19.3. The van der Waals surface area contributed by atoms with Crippen LogP contribution in [0.15, 0.2) is 40.8 Å². The number of carbonyl (C=O) groups excluding carboxylic acids is 1. The number of aliphatic carboxylic acids is 1. The Morgan fingerprint density at radius 3 is 2.62 bits per heavy atom. The summed E-state index contributed by atoms with van der Waals surface area (Å²) in [5, 5.41) is 8.59. The van der Waals surface area contributed by atoms with Crippen LogP contribution < -0.4 is 0 Å². The van der Waals surface area contributed by atoms with E-state index in [0.29, 0.717) is 36.5 Å². The molecule has 0 unspecified atom stereocenters. The standard InChI is InChI=1S/C18H20FNO4/c1-20(12-4-7-18(22)23)17(21)11-9-13-8-10-16(24-13)14-5-2-3-6-15(14)19/h2-3,5-6,8,10H,4,7,9,11-12H2,1H3,(H,22,23). The van der Waals surface area contributed by atoms with Crippen molar-refractivity contribution < 1.29 is 23.5 Å². The summed E-state index contributed by atoms with van der Waals surface area (Å²) in [6.07, 6.45) is 1.14. The van der Waals surface area contributed by atoms with E-state index in [9.17, 15) is 14.0 Å². The summed E-state index contributed by atoms with van der Waals surface area (Å²) in [5.74, 6) is -0.255. The van der Waals surface area contributed by atoms with E-state index < -0.39 is 5.97 Å². The highest BCUT2D eigenvalue weighted by molar-refractivity contribution is 5.76. The average Bonchev–Trinajstić information content (AvgIpc) is 3.01. The second-order valence-corrected chi connectivity index (χ2v) is 5.56. The Labute approximate surface area is 139 Å². The number of carbonyl (C=O) groups is 2. The maximum atomic E-state index is 13.7. The topological polar surface area (TPSA) is 70.8 Å². The van der Waals surface area contributed by atoms with Gasteiger partial charge in [-0.25, -0.2) is 4.39 Å². The Morgan fingerprint density at radius 2 is 1.92 bits per heavy atom. The first kappa shape index (κ1) is 17.7. The maximum Gasteiger partial charge on any atom is 0.303 e. The highest BCUT2D eigenvalue weighted by atomic mass is 19.1. The van der Waals surface area contributed by atoms with Crippen molar-refractivity contribution in [3.63, 3.8) is 0 Å². The van der Waals surface area contributed by atoms with Crippen LogP contribution in [0.1, 0.15) is 25.0 Å². The molecule has 1 heterocycles. The Morgan fingerprint density at radius 1 is 1.17 bits per heavy atom. The molecule has 1 N–H and O–H groups in total. The Kier molecular flexibility index (Phi) is 6.12. The zero-order chi connectivity index (χ0) is 17.5. The minimum Gasteiger partial charge on any atom is -0.481 e. The van der Waals surface area contributed by atoms with Crippen LogP contribution in [0.5, 0.6) is 0 Å². The largest absolute Gasteiger partial charge is 0.481 e. The van der Waals surface area contributed by atoms with E-state index in [1.54, 1.807) is 37.4 Å². The van der Waals surface area contributed by atoms with Crippen LogP contribution in [0.3, 0.4) is 0 Å². The molecular weight excluding hydrogens is 313 g/mol. The van der Waals surface area contributed by atoms with Crippen LogP contribution in [0, 0.1) is 5.82 Å². The van der Waals surface area contributed by atoms with Crippen molar-refractivity contribution in [3.05, 3.63) is 48.0 Å². The van der Waals surface area contributed by atoms with E-state index in [0.717, 1.165) is 0 Å². The smallest absolute Gasteiger partial charge is 0.303 e. The van der Waals surface area contributed by atoms with Crippen molar-refractivity contribution >= 4 is 11.9 Å². The van der Waals surface area contributed by atoms with Crippen LogP contribution in [0.2, 0.25) is 0 Å². The maximum absolute atomic E-state index is 13.7. The number of carboxylic acid groups (broad SMARTS) is 1. The zero-order valence-corrected chi connectivity index (χ0v) is 13.5. The van der Waals surface area contributed by atoms with Crippen molar-refractivity contribution in [2.75, 3.05) is 13.6 Å². The monoisotopic (exact) mass is 333 g/mol. The zero-order valence-electron chi connectivity index (χ0n) is 13.5. The molecule has 0 saturated carbocycles. The first-order valence-corrected chi connectivity index (χ1v) is 7.76. The van der Waals surface area contributed by atoms with Gasteiger partial charge >= 0.3 is 5.97 Å². The minimum absolute atomic E-state index is 0.0435. The first-order chi connectivity index (χ1) is 11.5. The lowest BCUT2D eigenvalue weighted by molar-refractivity contribution is -0.138. The number of rotatable bonds is 8. The van der Waals surface area contributed by atoms with Gasteiger partial charge in [-0.1, -0.05) is 12.1 Å². The van der Waals surface area contributed by atoms with Crippen LogP contribution in [0.25, 0.3) is 11.3 Å². The summed E-state index contributed by atoms with van der Waals surface area (Å²) in [5.41, 5.74) is 0.390. The third kappa shape index (κ3) is 4.94. The number of halogens is 1. The molecule has 0 aliphatic carbocycles. The summed E-state index contributed by atoms with van der Waals surface area (Å²) in [6, 6.07) is 9.78. The van der Waals surface area contributed by atoms with Crippen molar-refractivity contribution in [1.82, 2.24) is 4.90 Å². The molecule has 24 heavy (non-hydrogen) atoms. The fraction of sp³-hybridized carbons (Fsp3) is 0.333. The van der Waals surface area contributed by atoms with Crippen molar-refractivity contribution in [2.24, 2.45) is 0 Å². The molecule has 0 aliphatic heterocycles. The minimum atomic E-state index is -0.868. The van der Waals surface area contributed by atoms with Gasteiger partial charge in [0.05, 0.1) is 5.56 Å². The van der Waals surface area contributed by atoms with E-state index in [2.05, 4.69) is 0 Å². The predicted octanol–water partition coefficient (Wildman–Crippen LogP) is 3.34. The summed E-state index contributed by atoms with van der Waals surface area (Å²) in [4.78, 5) is 24.0. The van der Waals surface area contributed by atoms with Crippen LogP contribution >= 0.6 is 0 Å². The number of amides is 1. The summed E-state index contributed by atoms with van der Waals surface area (Å²) in [7, 11) is 1.65. The van der Waals surface area contributed by atoms with E-state index >= 15 is 0 Å². The lowest BCUT2D eigenvalue weighted by Gasteiger charge is -2.16. The number of hydrogen-bond donors (Lipinski definition) is 1. The lowest BCUT2D eigenvalue weighted by atomic mass is 10.1. The van der Waals surface area contributed by atoms with E-state index in [1.807, 2.05) is 0 Å². The van der Waals surface area contributed by atoms with Gasteiger partial charge in [0.2, 0.25) is 5.91 Å². The molecule has 5 nitrogen and oxygen atoms in total. The first-order valence-electron chi connectivity index (χ1n) is 7.76. The summed E-state index contributed by atoms with van der Waals surface area (Å²) >= 11 is 0. The number of carboxylic acids is 1. The van der Waals surface area contributed by atoms with Crippen LogP contribution in [-0.4, -0.2) is 35.5 Å². The number of benzene rings is 1. The number of aryl methyl sites for hydroxylation is 1. The van der Waals surface area contributed by atoms with Gasteiger partial charge in [-0.05, 0) is 30.7 Å². The Hall–Kier alpha value is -2.63. The number of nitrogens with zero attached hydrogens (tertiary/aromatic N) is 1. The van der Waals surface area contributed by atoms with Gasteiger partial charge in [0.1, 0.15) is 17.3 Å². The molecule has 0 fully saturated rings.